The monoisotopic (exact) mass is 394 g/mol. The molecule has 2 aromatic carbocycles. The van der Waals surface area contributed by atoms with Crippen molar-refractivity contribution in [2.75, 3.05) is 13.1 Å². The highest BCUT2D eigenvalue weighted by Gasteiger charge is 2.15. The number of carbonyl (C=O) groups excluding carboxylic acids is 1. The SMILES string of the molecule is O=C(NCc1ccc(CN2CCCC2)cc1)c1cn[nH]c1-c1ccc(Cl)cc1. The number of nitrogens with one attached hydrogen (secondary N) is 2. The molecular formula is C22H23ClN4O. The van der Waals surface area contributed by atoms with Crippen molar-refractivity contribution in [3.8, 4) is 11.3 Å². The zero-order chi connectivity index (χ0) is 19.3. The van der Waals surface area contributed by atoms with Crippen molar-refractivity contribution < 1.29 is 4.79 Å². The Balaban J connectivity index is 1.37. The maximum atomic E-state index is 12.6. The minimum absolute atomic E-state index is 0.153. The van der Waals surface area contributed by atoms with Crippen LogP contribution in [0.2, 0.25) is 5.02 Å². The molecule has 28 heavy (non-hydrogen) atoms. The highest BCUT2D eigenvalue weighted by atomic mass is 35.5. The second kappa shape index (κ2) is 8.59. The molecule has 0 atom stereocenters. The number of halogens is 1. The van der Waals surface area contributed by atoms with Gasteiger partial charge in [0.05, 0.1) is 17.5 Å². The molecule has 0 radical (unpaired) electrons. The molecule has 4 rings (SSSR count). The Morgan fingerprint density at radius 2 is 1.71 bits per heavy atom. The van der Waals surface area contributed by atoms with Gasteiger partial charge in [0.15, 0.2) is 0 Å². The number of amides is 1. The highest BCUT2D eigenvalue weighted by Crippen LogP contribution is 2.23. The standard InChI is InChI=1S/C22H23ClN4O/c23-19-9-7-18(8-10-19)21-20(14-25-26-21)22(28)24-13-16-3-5-17(6-4-16)15-27-11-1-2-12-27/h3-10,14H,1-2,11-13,15H2,(H,24,28)(H,25,26). The van der Waals surface area contributed by atoms with E-state index in [1.54, 1.807) is 18.3 Å². The summed E-state index contributed by atoms with van der Waals surface area (Å²) in [6, 6.07) is 15.8. The van der Waals surface area contributed by atoms with Crippen molar-refractivity contribution in [1.82, 2.24) is 20.4 Å². The van der Waals surface area contributed by atoms with Crippen molar-refractivity contribution in [1.29, 1.82) is 0 Å². The van der Waals surface area contributed by atoms with Crippen LogP contribution >= 0.6 is 11.6 Å². The lowest BCUT2D eigenvalue weighted by molar-refractivity contribution is 0.0951. The van der Waals surface area contributed by atoms with Crippen LogP contribution in [0, 0.1) is 0 Å². The Kier molecular flexibility index (Phi) is 5.74. The summed E-state index contributed by atoms with van der Waals surface area (Å²) in [5, 5.41) is 10.6. The number of nitrogens with zero attached hydrogens (tertiary/aromatic N) is 2. The van der Waals surface area contributed by atoms with Gasteiger partial charge >= 0.3 is 0 Å². The third-order valence-electron chi connectivity index (χ3n) is 5.10. The first kappa shape index (κ1) is 18.7. The van der Waals surface area contributed by atoms with Crippen molar-refractivity contribution in [3.63, 3.8) is 0 Å². The van der Waals surface area contributed by atoms with E-state index < -0.39 is 0 Å². The van der Waals surface area contributed by atoms with Crippen molar-refractivity contribution >= 4 is 17.5 Å². The Labute approximate surface area is 169 Å². The Hall–Kier alpha value is -2.63. The van der Waals surface area contributed by atoms with Crippen LogP contribution in [-0.4, -0.2) is 34.1 Å². The molecule has 1 saturated heterocycles. The quantitative estimate of drug-likeness (QED) is 0.656. The van der Waals surface area contributed by atoms with E-state index in [-0.39, 0.29) is 5.91 Å². The van der Waals surface area contributed by atoms with Gasteiger partial charge in [-0.1, -0.05) is 48.0 Å². The number of likely N-dealkylation sites (tertiary alicyclic amines) is 1. The zero-order valence-electron chi connectivity index (χ0n) is 15.6. The Morgan fingerprint density at radius 3 is 2.43 bits per heavy atom. The molecule has 3 aromatic rings. The second-order valence-corrected chi connectivity index (χ2v) is 7.58. The van der Waals surface area contributed by atoms with Crippen LogP contribution in [0.3, 0.4) is 0 Å². The number of hydrogen-bond acceptors (Lipinski definition) is 3. The summed E-state index contributed by atoms with van der Waals surface area (Å²) in [4.78, 5) is 15.1. The van der Waals surface area contributed by atoms with E-state index in [4.69, 9.17) is 11.6 Å². The highest BCUT2D eigenvalue weighted by molar-refractivity contribution is 6.30. The van der Waals surface area contributed by atoms with E-state index in [9.17, 15) is 4.79 Å². The molecule has 1 aliphatic rings. The van der Waals surface area contributed by atoms with Crippen LogP contribution in [-0.2, 0) is 13.1 Å². The molecule has 5 nitrogen and oxygen atoms in total. The number of aromatic amines is 1. The normalized spacial score (nSPS) is 14.3. The Morgan fingerprint density at radius 1 is 1.04 bits per heavy atom. The lowest BCUT2D eigenvalue weighted by atomic mass is 10.1. The molecule has 0 spiro atoms. The summed E-state index contributed by atoms with van der Waals surface area (Å²) < 4.78 is 0. The van der Waals surface area contributed by atoms with Gasteiger partial charge in [0.1, 0.15) is 0 Å². The van der Waals surface area contributed by atoms with Crippen LogP contribution in [0.5, 0.6) is 0 Å². The summed E-state index contributed by atoms with van der Waals surface area (Å²) in [7, 11) is 0. The predicted octanol–water partition coefficient (Wildman–Crippen LogP) is 4.26. The van der Waals surface area contributed by atoms with Crippen LogP contribution in [0.25, 0.3) is 11.3 Å². The van der Waals surface area contributed by atoms with Crippen molar-refractivity contribution in [2.45, 2.75) is 25.9 Å². The predicted molar refractivity (Wildman–Crippen MR) is 111 cm³/mol. The molecule has 1 aromatic heterocycles. The summed E-state index contributed by atoms with van der Waals surface area (Å²) in [6.07, 6.45) is 4.16. The summed E-state index contributed by atoms with van der Waals surface area (Å²) in [5.41, 5.74) is 4.48. The van der Waals surface area contributed by atoms with E-state index in [0.717, 1.165) is 17.7 Å². The van der Waals surface area contributed by atoms with Gasteiger partial charge < -0.3 is 5.32 Å². The maximum absolute atomic E-state index is 12.6. The molecule has 1 fully saturated rings. The first-order valence-corrected chi connectivity index (χ1v) is 9.94. The number of H-pyrrole nitrogens is 1. The first-order valence-electron chi connectivity index (χ1n) is 9.57. The fourth-order valence-corrected chi connectivity index (χ4v) is 3.66. The molecule has 6 heteroatoms. The van der Waals surface area contributed by atoms with Crippen LogP contribution in [0.1, 0.15) is 34.3 Å². The average molecular weight is 395 g/mol. The van der Waals surface area contributed by atoms with Gasteiger partial charge in [0.25, 0.3) is 5.91 Å². The van der Waals surface area contributed by atoms with Gasteiger partial charge in [0, 0.05) is 23.7 Å². The number of benzene rings is 2. The van der Waals surface area contributed by atoms with E-state index >= 15 is 0 Å². The minimum atomic E-state index is -0.153. The van der Waals surface area contributed by atoms with E-state index in [1.807, 2.05) is 12.1 Å². The van der Waals surface area contributed by atoms with Crippen LogP contribution in [0.15, 0.2) is 54.7 Å². The van der Waals surface area contributed by atoms with Gasteiger partial charge in [0.2, 0.25) is 0 Å². The summed E-state index contributed by atoms with van der Waals surface area (Å²) >= 11 is 5.94. The van der Waals surface area contributed by atoms with Crippen LogP contribution in [0.4, 0.5) is 0 Å². The van der Waals surface area contributed by atoms with Gasteiger partial charge in [-0.05, 0) is 49.2 Å². The van der Waals surface area contributed by atoms with Gasteiger partial charge in [-0.3, -0.25) is 14.8 Å². The Bertz CT molecular complexity index is 928. The van der Waals surface area contributed by atoms with E-state index in [2.05, 4.69) is 44.7 Å². The number of rotatable bonds is 6. The second-order valence-electron chi connectivity index (χ2n) is 7.15. The third kappa shape index (κ3) is 4.43. The first-order chi connectivity index (χ1) is 13.7. The van der Waals surface area contributed by atoms with Gasteiger partial charge in [-0.15, -0.1) is 0 Å². The number of aromatic nitrogens is 2. The topological polar surface area (TPSA) is 61.0 Å². The lowest BCUT2D eigenvalue weighted by Crippen LogP contribution is -2.23. The minimum Gasteiger partial charge on any atom is -0.348 e. The average Bonchev–Trinajstić information content (AvgIpc) is 3.40. The summed E-state index contributed by atoms with van der Waals surface area (Å²) in [6.45, 7) is 3.87. The molecule has 144 valence electrons. The van der Waals surface area contributed by atoms with Crippen molar-refractivity contribution in [3.05, 3.63) is 76.4 Å². The largest absolute Gasteiger partial charge is 0.348 e. The molecule has 0 saturated carbocycles. The van der Waals surface area contributed by atoms with Gasteiger partial charge in [-0.2, -0.15) is 5.10 Å². The molecular weight excluding hydrogens is 372 g/mol. The van der Waals surface area contributed by atoms with E-state index in [0.29, 0.717) is 22.8 Å². The molecule has 0 unspecified atom stereocenters. The third-order valence-corrected chi connectivity index (χ3v) is 5.35. The number of hydrogen-bond donors (Lipinski definition) is 2. The fourth-order valence-electron chi connectivity index (χ4n) is 3.53. The molecule has 0 bridgehead atoms. The molecule has 2 heterocycles. The smallest absolute Gasteiger partial charge is 0.255 e. The zero-order valence-corrected chi connectivity index (χ0v) is 16.4. The maximum Gasteiger partial charge on any atom is 0.255 e. The van der Waals surface area contributed by atoms with Crippen molar-refractivity contribution in [2.24, 2.45) is 0 Å². The van der Waals surface area contributed by atoms with E-state index in [1.165, 1.54) is 31.5 Å². The molecule has 2 N–H and O–H groups in total. The molecule has 1 aliphatic heterocycles. The number of carbonyl (C=O) groups is 1. The summed E-state index contributed by atoms with van der Waals surface area (Å²) in [5.74, 6) is -0.153. The van der Waals surface area contributed by atoms with Crippen LogP contribution < -0.4 is 5.32 Å². The van der Waals surface area contributed by atoms with Gasteiger partial charge in [-0.25, -0.2) is 0 Å². The molecule has 0 aliphatic carbocycles. The molecule has 1 amide bonds. The fraction of sp³-hybridized carbons (Fsp3) is 0.273. The lowest BCUT2D eigenvalue weighted by Gasteiger charge is -2.14.